The number of rotatable bonds is 4. The molecule has 124 valence electrons. The van der Waals surface area contributed by atoms with Gasteiger partial charge in [-0.1, -0.05) is 18.7 Å². The zero-order valence-electron chi connectivity index (χ0n) is 13.8. The van der Waals surface area contributed by atoms with E-state index in [1.54, 1.807) is 10.9 Å². The Hall–Kier alpha value is -1.67. The molecule has 1 saturated heterocycles. The Bertz CT molecular complexity index is 694. The van der Waals surface area contributed by atoms with Crippen LogP contribution in [0.1, 0.15) is 13.8 Å². The molecule has 0 radical (unpaired) electrons. The average Bonchev–Trinajstić information content (AvgIpc) is 2.97. The molecule has 1 unspecified atom stereocenters. The van der Waals surface area contributed by atoms with Crippen LogP contribution in [0.3, 0.4) is 0 Å². The number of aryl methyl sites for hydroxylation is 1. The normalized spacial score (nSPS) is 17.6. The highest BCUT2D eigenvalue weighted by molar-refractivity contribution is 8.00. The van der Waals surface area contributed by atoms with Crippen LogP contribution < -0.4 is 0 Å². The maximum absolute atomic E-state index is 12.7. The molecule has 0 aliphatic carbocycles. The second kappa shape index (κ2) is 6.84. The van der Waals surface area contributed by atoms with Gasteiger partial charge in [-0.3, -0.25) is 9.48 Å². The van der Waals surface area contributed by atoms with E-state index in [9.17, 15) is 4.79 Å². The molecule has 3 heterocycles. The minimum atomic E-state index is -0.165. The number of carbonyl (C=O) groups excluding carboxylic acids is 1. The van der Waals surface area contributed by atoms with Crippen molar-refractivity contribution in [3.63, 3.8) is 0 Å². The van der Waals surface area contributed by atoms with Crippen molar-refractivity contribution in [3.05, 3.63) is 12.5 Å². The van der Waals surface area contributed by atoms with Crippen molar-refractivity contribution in [2.45, 2.75) is 24.1 Å². The summed E-state index contributed by atoms with van der Waals surface area (Å²) in [5.74, 6) is 0.182. The van der Waals surface area contributed by atoms with E-state index in [4.69, 9.17) is 0 Å². The Balaban J connectivity index is 1.68. The van der Waals surface area contributed by atoms with E-state index < -0.39 is 0 Å². The van der Waals surface area contributed by atoms with Gasteiger partial charge in [-0.2, -0.15) is 5.10 Å². The topological polar surface area (TPSA) is 67.2 Å². The van der Waals surface area contributed by atoms with Crippen LogP contribution in [0.4, 0.5) is 0 Å². The highest BCUT2D eigenvalue weighted by atomic mass is 32.2. The number of hydrogen-bond acceptors (Lipinski definition) is 6. The number of hydrogen-bond donors (Lipinski definition) is 0. The van der Waals surface area contributed by atoms with Gasteiger partial charge in [0, 0.05) is 33.2 Å². The van der Waals surface area contributed by atoms with E-state index in [1.807, 2.05) is 18.9 Å². The fourth-order valence-electron chi connectivity index (χ4n) is 2.79. The lowest BCUT2D eigenvalue weighted by Crippen LogP contribution is -2.50. The first-order chi connectivity index (χ1) is 11.1. The Labute approximate surface area is 140 Å². The fraction of sp³-hybridized carbons (Fsp3) is 0.600. The monoisotopic (exact) mass is 334 g/mol. The molecule has 1 atom stereocenters. The van der Waals surface area contributed by atoms with Gasteiger partial charge in [-0.15, -0.1) is 0 Å². The highest BCUT2D eigenvalue weighted by Gasteiger charge is 2.26. The van der Waals surface area contributed by atoms with Gasteiger partial charge in [0.15, 0.2) is 5.65 Å². The van der Waals surface area contributed by atoms with Crippen LogP contribution in [0.5, 0.6) is 0 Å². The quantitative estimate of drug-likeness (QED) is 0.614. The summed E-state index contributed by atoms with van der Waals surface area (Å²) in [7, 11) is 1.85. The van der Waals surface area contributed by atoms with Crippen molar-refractivity contribution in [2.75, 3.05) is 32.7 Å². The van der Waals surface area contributed by atoms with Crippen LogP contribution >= 0.6 is 11.8 Å². The molecule has 0 N–H and O–H groups in total. The number of piperazine rings is 1. The summed E-state index contributed by atoms with van der Waals surface area (Å²) in [6, 6.07) is 0. The summed E-state index contributed by atoms with van der Waals surface area (Å²) < 4.78 is 1.72. The van der Waals surface area contributed by atoms with Crippen LogP contribution in [0.25, 0.3) is 11.0 Å². The molecule has 0 saturated carbocycles. The minimum Gasteiger partial charge on any atom is -0.339 e. The zero-order valence-corrected chi connectivity index (χ0v) is 14.6. The Morgan fingerprint density at radius 3 is 2.74 bits per heavy atom. The summed E-state index contributed by atoms with van der Waals surface area (Å²) in [5, 5.41) is 5.77. The molecule has 0 bridgehead atoms. The first-order valence-corrected chi connectivity index (χ1v) is 8.78. The van der Waals surface area contributed by atoms with Gasteiger partial charge >= 0.3 is 0 Å². The van der Waals surface area contributed by atoms with E-state index in [0.29, 0.717) is 0 Å². The lowest BCUT2D eigenvalue weighted by molar-refractivity contribution is -0.132. The largest absolute Gasteiger partial charge is 0.339 e. The van der Waals surface area contributed by atoms with E-state index in [-0.39, 0.29) is 11.2 Å². The maximum Gasteiger partial charge on any atom is 0.235 e. The van der Waals surface area contributed by atoms with Gasteiger partial charge < -0.3 is 9.80 Å². The van der Waals surface area contributed by atoms with Gasteiger partial charge in [0.2, 0.25) is 5.91 Å². The SMILES string of the molecule is CCN1CCN(C(=O)C(C)Sc2ncnc3c2cnn3C)CC1. The van der Waals surface area contributed by atoms with Gasteiger partial charge in [0.05, 0.1) is 16.8 Å². The molecule has 1 aliphatic heterocycles. The molecule has 2 aromatic rings. The molecule has 23 heavy (non-hydrogen) atoms. The third-order valence-electron chi connectivity index (χ3n) is 4.26. The van der Waals surface area contributed by atoms with E-state index >= 15 is 0 Å². The van der Waals surface area contributed by atoms with Crippen LogP contribution in [0.2, 0.25) is 0 Å². The van der Waals surface area contributed by atoms with Crippen molar-refractivity contribution in [2.24, 2.45) is 7.05 Å². The molecule has 0 aromatic carbocycles. The van der Waals surface area contributed by atoms with Gasteiger partial charge in [-0.25, -0.2) is 9.97 Å². The average molecular weight is 334 g/mol. The third kappa shape index (κ3) is 3.32. The predicted octanol–water partition coefficient (Wildman–Crippen LogP) is 1.01. The highest BCUT2D eigenvalue weighted by Crippen LogP contribution is 2.28. The number of likely N-dealkylation sites (N-methyl/N-ethyl adjacent to an activating group) is 1. The second-order valence-corrected chi connectivity index (χ2v) is 7.03. The third-order valence-corrected chi connectivity index (χ3v) is 5.36. The maximum atomic E-state index is 12.7. The standard InChI is InChI=1S/C15H22N6OS/c1-4-20-5-7-21(8-6-20)15(22)11(2)23-14-12-9-18-19(3)13(12)16-10-17-14/h9-11H,4-8H2,1-3H3. The van der Waals surface area contributed by atoms with Crippen molar-refractivity contribution in [1.29, 1.82) is 0 Å². The van der Waals surface area contributed by atoms with Crippen molar-refractivity contribution in [3.8, 4) is 0 Å². The first-order valence-electron chi connectivity index (χ1n) is 7.90. The van der Waals surface area contributed by atoms with Crippen molar-refractivity contribution in [1.82, 2.24) is 29.5 Å². The van der Waals surface area contributed by atoms with E-state index in [1.165, 1.54) is 18.1 Å². The Morgan fingerprint density at radius 1 is 1.30 bits per heavy atom. The summed E-state index contributed by atoms with van der Waals surface area (Å²) in [4.78, 5) is 25.6. The van der Waals surface area contributed by atoms with E-state index in [0.717, 1.165) is 48.8 Å². The molecule has 8 heteroatoms. The van der Waals surface area contributed by atoms with Crippen LogP contribution in [0, 0.1) is 0 Å². The lowest BCUT2D eigenvalue weighted by Gasteiger charge is -2.35. The lowest BCUT2D eigenvalue weighted by atomic mass is 10.3. The second-order valence-electron chi connectivity index (χ2n) is 5.70. The molecule has 0 spiro atoms. The van der Waals surface area contributed by atoms with Crippen molar-refractivity contribution < 1.29 is 4.79 Å². The molecular formula is C15H22N6OS. The molecule has 2 aromatic heterocycles. The number of carbonyl (C=O) groups is 1. The number of thioether (sulfide) groups is 1. The smallest absolute Gasteiger partial charge is 0.235 e. The van der Waals surface area contributed by atoms with Gasteiger partial charge in [0.1, 0.15) is 11.4 Å². The number of aromatic nitrogens is 4. The van der Waals surface area contributed by atoms with E-state index in [2.05, 4.69) is 26.9 Å². The molecular weight excluding hydrogens is 312 g/mol. The summed E-state index contributed by atoms with van der Waals surface area (Å²) in [6.45, 7) is 8.69. The molecule has 7 nitrogen and oxygen atoms in total. The van der Waals surface area contributed by atoms with Gasteiger partial charge in [-0.05, 0) is 13.5 Å². The number of fused-ring (bicyclic) bond motifs is 1. The first kappa shape index (κ1) is 16.2. The van der Waals surface area contributed by atoms with Gasteiger partial charge in [0.25, 0.3) is 0 Å². The molecule has 1 fully saturated rings. The molecule has 1 amide bonds. The summed E-state index contributed by atoms with van der Waals surface area (Å²) in [5.41, 5.74) is 0.790. The Morgan fingerprint density at radius 2 is 2.04 bits per heavy atom. The van der Waals surface area contributed by atoms with Crippen LogP contribution in [-0.2, 0) is 11.8 Å². The van der Waals surface area contributed by atoms with Crippen LogP contribution in [0.15, 0.2) is 17.6 Å². The summed E-state index contributed by atoms with van der Waals surface area (Å²) in [6.07, 6.45) is 3.29. The number of nitrogens with zero attached hydrogens (tertiary/aromatic N) is 6. The van der Waals surface area contributed by atoms with Crippen LogP contribution in [-0.4, -0.2) is 73.4 Å². The number of amides is 1. The van der Waals surface area contributed by atoms with Crippen molar-refractivity contribution >= 4 is 28.7 Å². The zero-order chi connectivity index (χ0) is 16.4. The summed E-state index contributed by atoms with van der Waals surface area (Å²) >= 11 is 1.49. The molecule has 3 rings (SSSR count). The fourth-order valence-corrected chi connectivity index (χ4v) is 3.76. The predicted molar refractivity (Wildman–Crippen MR) is 90.3 cm³/mol. The minimum absolute atomic E-state index is 0.165. The molecule has 1 aliphatic rings. The Kier molecular flexibility index (Phi) is 4.82.